The van der Waals surface area contributed by atoms with Crippen molar-refractivity contribution in [2.24, 2.45) is 0 Å². The lowest BCUT2D eigenvalue weighted by Crippen LogP contribution is -2.30. The van der Waals surface area contributed by atoms with E-state index in [1.54, 1.807) is 30.3 Å². The van der Waals surface area contributed by atoms with E-state index < -0.39 is 21.8 Å². The summed E-state index contributed by atoms with van der Waals surface area (Å²) in [5.41, 5.74) is 0.902. The molecular formula is C22H20FNO5S. The molecule has 0 saturated carbocycles. The molecule has 30 heavy (non-hydrogen) atoms. The predicted octanol–water partition coefficient (Wildman–Crippen LogP) is 3.92. The Labute approximate surface area is 174 Å². The number of carboxylic acids is 1. The summed E-state index contributed by atoms with van der Waals surface area (Å²) in [4.78, 5) is 11.0. The number of ether oxygens (including phenoxy) is 1. The van der Waals surface area contributed by atoms with Gasteiger partial charge >= 0.3 is 5.97 Å². The molecule has 3 aromatic carbocycles. The number of rotatable bonds is 8. The number of hydrogen-bond donors (Lipinski definition) is 1. The minimum atomic E-state index is -4.03. The quantitative estimate of drug-likeness (QED) is 0.587. The molecule has 156 valence electrons. The lowest BCUT2D eigenvalue weighted by atomic mass is 10.2. The molecule has 6 nitrogen and oxygen atoms in total. The summed E-state index contributed by atoms with van der Waals surface area (Å²) in [6, 6.07) is 17.8. The third-order valence-corrected chi connectivity index (χ3v) is 6.37. The second-order valence-corrected chi connectivity index (χ2v) is 8.48. The second kappa shape index (κ2) is 9.06. The molecule has 8 heteroatoms. The summed E-state index contributed by atoms with van der Waals surface area (Å²) >= 11 is 0. The zero-order valence-electron chi connectivity index (χ0n) is 16.2. The molecule has 3 aromatic rings. The van der Waals surface area contributed by atoms with Crippen molar-refractivity contribution in [1.29, 1.82) is 0 Å². The largest absolute Gasteiger partial charge is 0.497 e. The van der Waals surface area contributed by atoms with Gasteiger partial charge in [-0.3, -0.25) is 0 Å². The van der Waals surface area contributed by atoms with Crippen LogP contribution in [0.4, 0.5) is 4.39 Å². The van der Waals surface area contributed by atoms with Crippen LogP contribution < -0.4 is 4.74 Å². The first-order chi connectivity index (χ1) is 14.3. The number of sulfonamides is 1. The van der Waals surface area contributed by atoms with E-state index in [-0.39, 0.29) is 29.1 Å². The van der Waals surface area contributed by atoms with Crippen molar-refractivity contribution in [3.8, 4) is 5.75 Å². The van der Waals surface area contributed by atoms with Crippen LogP contribution in [0, 0.1) is 5.82 Å². The lowest BCUT2D eigenvalue weighted by molar-refractivity contribution is 0.0696. The second-order valence-electron chi connectivity index (χ2n) is 6.54. The maximum atomic E-state index is 14.2. The van der Waals surface area contributed by atoms with Crippen LogP contribution in [0.1, 0.15) is 21.5 Å². The topological polar surface area (TPSA) is 83.9 Å². The minimum absolute atomic E-state index is 0.00133. The molecule has 3 rings (SSSR count). The first kappa shape index (κ1) is 21.5. The Morgan fingerprint density at radius 3 is 2.17 bits per heavy atom. The molecule has 0 aliphatic heterocycles. The van der Waals surface area contributed by atoms with Crippen LogP contribution >= 0.6 is 0 Å². The molecule has 0 aliphatic carbocycles. The van der Waals surface area contributed by atoms with Crippen LogP contribution in [0.3, 0.4) is 0 Å². The van der Waals surface area contributed by atoms with Gasteiger partial charge in [-0.2, -0.15) is 4.31 Å². The molecule has 0 radical (unpaired) electrons. The number of nitrogens with zero attached hydrogens (tertiary/aromatic N) is 1. The first-order valence-electron chi connectivity index (χ1n) is 9.01. The van der Waals surface area contributed by atoms with Crippen LogP contribution in [0.25, 0.3) is 0 Å². The number of aromatic carboxylic acids is 1. The molecular weight excluding hydrogens is 409 g/mol. The van der Waals surface area contributed by atoms with E-state index in [9.17, 15) is 17.6 Å². The number of carbonyl (C=O) groups is 1. The Kier molecular flexibility index (Phi) is 6.49. The maximum absolute atomic E-state index is 14.2. The fourth-order valence-corrected chi connectivity index (χ4v) is 4.30. The Balaban J connectivity index is 1.97. The van der Waals surface area contributed by atoms with Gasteiger partial charge in [0.15, 0.2) is 0 Å². The molecule has 0 aromatic heterocycles. The lowest BCUT2D eigenvalue weighted by Gasteiger charge is -2.23. The van der Waals surface area contributed by atoms with Gasteiger partial charge in [0, 0.05) is 18.7 Å². The highest BCUT2D eigenvalue weighted by molar-refractivity contribution is 7.89. The number of hydrogen-bond acceptors (Lipinski definition) is 4. The average molecular weight is 429 g/mol. The summed E-state index contributed by atoms with van der Waals surface area (Å²) in [5, 5.41) is 9.04. The molecule has 0 saturated heterocycles. The van der Waals surface area contributed by atoms with E-state index in [0.717, 1.165) is 4.31 Å². The van der Waals surface area contributed by atoms with Crippen LogP contribution in [-0.2, 0) is 23.1 Å². The van der Waals surface area contributed by atoms with Gasteiger partial charge in [-0.1, -0.05) is 30.3 Å². The number of methoxy groups -OCH3 is 1. The molecule has 0 amide bonds. The van der Waals surface area contributed by atoms with Crippen LogP contribution in [0.2, 0.25) is 0 Å². The van der Waals surface area contributed by atoms with Gasteiger partial charge in [0.25, 0.3) is 0 Å². The Bertz CT molecular complexity index is 1130. The van der Waals surface area contributed by atoms with Gasteiger partial charge in [-0.15, -0.1) is 0 Å². The Hall–Kier alpha value is -3.23. The van der Waals surface area contributed by atoms with Crippen molar-refractivity contribution in [2.75, 3.05) is 7.11 Å². The summed E-state index contributed by atoms with van der Waals surface area (Å²) in [6.07, 6.45) is 0. The molecule has 0 heterocycles. The number of benzene rings is 3. The van der Waals surface area contributed by atoms with Gasteiger partial charge in [0.05, 0.1) is 17.6 Å². The standard InChI is InChI=1S/C22H20FNO5S/c1-29-19-10-6-16(7-11-19)14-24(15-18-4-2-3-5-21(18)23)30(27,28)20-12-8-17(9-13-20)22(25)26/h2-13H,14-15H2,1H3,(H,25,26). The fourth-order valence-electron chi connectivity index (χ4n) is 2.90. The number of carboxylic acid groups (broad SMARTS) is 1. The number of halogens is 1. The van der Waals surface area contributed by atoms with E-state index in [4.69, 9.17) is 9.84 Å². The molecule has 0 aliphatic rings. The molecule has 0 bridgehead atoms. The normalized spacial score (nSPS) is 11.4. The maximum Gasteiger partial charge on any atom is 0.335 e. The summed E-state index contributed by atoms with van der Waals surface area (Å²) in [5.74, 6) is -1.03. The third kappa shape index (κ3) is 4.84. The van der Waals surface area contributed by atoms with E-state index in [1.807, 2.05) is 0 Å². The highest BCUT2D eigenvalue weighted by atomic mass is 32.2. The zero-order valence-corrected chi connectivity index (χ0v) is 17.0. The monoisotopic (exact) mass is 429 g/mol. The van der Waals surface area contributed by atoms with Crippen molar-refractivity contribution >= 4 is 16.0 Å². The first-order valence-corrected chi connectivity index (χ1v) is 10.4. The molecule has 0 unspecified atom stereocenters. The van der Waals surface area contributed by atoms with E-state index in [0.29, 0.717) is 11.3 Å². The average Bonchev–Trinajstić information content (AvgIpc) is 2.75. The van der Waals surface area contributed by atoms with Crippen molar-refractivity contribution in [2.45, 2.75) is 18.0 Å². The predicted molar refractivity (Wildman–Crippen MR) is 109 cm³/mol. The van der Waals surface area contributed by atoms with E-state index in [1.165, 1.54) is 49.6 Å². The Morgan fingerprint density at radius 2 is 1.60 bits per heavy atom. The van der Waals surface area contributed by atoms with E-state index >= 15 is 0 Å². The van der Waals surface area contributed by atoms with Gasteiger partial charge in [-0.25, -0.2) is 17.6 Å². The van der Waals surface area contributed by atoms with Gasteiger partial charge in [0.2, 0.25) is 10.0 Å². The van der Waals surface area contributed by atoms with Crippen LogP contribution in [-0.4, -0.2) is 30.9 Å². The zero-order chi connectivity index (χ0) is 21.7. The highest BCUT2D eigenvalue weighted by Gasteiger charge is 2.26. The van der Waals surface area contributed by atoms with Crippen LogP contribution in [0.15, 0.2) is 77.7 Å². The van der Waals surface area contributed by atoms with Crippen LogP contribution in [0.5, 0.6) is 5.75 Å². The van der Waals surface area contributed by atoms with Crippen molar-refractivity contribution < 1.29 is 27.4 Å². The summed E-state index contributed by atoms with van der Waals surface area (Å²) in [6.45, 7) is -0.178. The van der Waals surface area contributed by atoms with Gasteiger partial charge in [-0.05, 0) is 48.0 Å². The van der Waals surface area contributed by atoms with Crippen molar-refractivity contribution in [3.63, 3.8) is 0 Å². The SMILES string of the molecule is COc1ccc(CN(Cc2ccccc2F)S(=O)(=O)c2ccc(C(=O)O)cc2)cc1. The molecule has 1 N–H and O–H groups in total. The fraction of sp³-hybridized carbons (Fsp3) is 0.136. The molecule has 0 spiro atoms. The summed E-state index contributed by atoms with van der Waals surface area (Å²) < 4.78 is 47.1. The Morgan fingerprint density at radius 1 is 0.967 bits per heavy atom. The van der Waals surface area contributed by atoms with Gasteiger partial charge < -0.3 is 9.84 Å². The smallest absolute Gasteiger partial charge is 0.335 e. The van der Waals surface area contributed by atoms with Crippen molar-refractivity contribution in [1.82, 2.24) is 4.31 Å². The minimum Gasteiger partial charge on any atom is -0.497 e. The third-order valence-electron chi connectivity index (χ3n) is 4.56. The van der Waals surface area contributed by atoms with E-state index in [2.05, 4.69) is 0 Å². The highest BCUT2D eigenvalue weighted by Crippen LogP contribution is 2.23. The van der Waals surface area contributed by atoms with Gasteiger partial charge in [0.1, 0.15) is 11.6 Å². The van der Waals surface area contributed by atoms with Crippen molar-refractivity contribution in [3.05, 3.63) is 95.3 Å². The molecule has 0 fully saturated rings. The molecule has 0 atom stereocenters. The summed E-state index contributed by atoms with van der Waals surface area (Å²) in [7, 11) is -2.50.